The van der Waals surface area contributed by atoms with Gasteiger partial charge in [-0.2, -0.15) is 4.57 Å². The maximum absolute atomic E-state index is 9.28. The molecule has 0 fully saturated rings. The SMILES string of the molecule is CC(O)C(CO)[n+]1ccccc1. The molecule has 1 rings (SSSR count). The number of aromatic nitrogens is 1. The van der Waals surface area contributed by atoms with Crippen LogP contribution in [0, 0.1) is 0 Å². The molecule has 1 aromatic heterocycles. The summed E-state index contributed by atoms with van der Waals surface area (Å²) in [7, 11) is 0. The van der Waals surface area contributed by atoms with E-state index in [2.05, 4.69) is 0 Å². The average Bonchev–Trinajstić information content (AvgIpc) is 2.07. The molecule has 1 heterocycles. The number of hydrogen-bond acceptors (Lipinski definition) is 2. The molecule has 2 unspecified atom stereocenters. The zero-order valence-corrected chi connectivity index (χ0v) is 7.09. The Hall–Kier alpha value is -0.930. The van der Waals surface area contributed by atoms with Crippen molar-refractivity contribution in [2.45, 2.75) is 19.1 Å². The van der Waals surface area contributed by atoms with Crippen molar-refractivity contribution in [3.05, 3.63) is 30.6 Å². The Morgan fingerprint density at radius 1 is 1.25 bits per heavy atom. The van der Waals surface area contributed by atoms with Gasteiger partial charge in [0, 0.05) is 12.1 Å². The van der Waals surface area contributed by atoms with Crippen LogP contribution in [0.4, 0.5) is 0 Å². The second kappa shape index (κ2) is 4.18. The molecule has 3 nitrogen and oxygen atoms in total. The quantitative estimate of drug-likeness (QED) is 0.618. The third-order valence-corrected chi connectivity index (χ3v) is 1.87. The predicted octanol–water partition coefficient (Wildman–Crippen LogP) is -0.112. The van der Waals surface area contributed by atoms with Gasteiger partial charge in [0.15, 0.2) is 12.4 Å². The van der Waals surface area contributed by atoms with Crippen LogP contribution >= 0.6 is 0 Å². The highest BCUT2D eigenvalue weighted by Crippen LogP contribution is 2.00. The van der Waals surface area contributed by atoms with Crippen molar-refractivity contribution < 1.29 is 14.8 Å². The Morgan fingerprint density at radius 2 is 1.83 bits per heavy atom. The van der Waals surface area contributed by atoms with Gasteiger partial charge in [-0.1, -0.05) is 6.07 Å². The molecule has 3 heteroatoms. The number of nitrogens with zero attached hydrogens (tertiary/aromatic N) is 1. The van der Waals surface area contributed by atoms with E-state index in [4.69, 9.17) is 5.11 Å². The van der Waals surface area contributed by atoms with Crippen molar-refractivity contribution in [1.29, 1.82) is 0 Å². The molecule has 66 valence electrons. The third kappa shape index (κ3) is 2.03. The molecule has 0 radical (unpaired) electrons. The van der Waals surface area contributed by atoms with E-state index in [9.17, 15) is 5.11 Å². The Bertz CT molecular complexity index is 223. The summed E-state index contributed by atoms with van der Waals surface area (Å²) in [5, 5.41) is 18.3. The molecule has 0 saturated heterocycles. The van der Waals surface area contributed by atoms with Crippen LogP contribution in [0.25, 0.3) is 0 Å². The summed E-state index contributed by atoms with van der Waals surface area (Å²) < 4.78 is 1.80. The van der Waals surface area contributed by atoms with Crippen LogP contribution in [0.3, 0.4) is 0 Å². The Kier molecular flexibility index (Phi) is 3.19. The molecule has 0 saturated carbocycles. The molecule has 0 aliphatic rings. The average molecular weight is 168 g/mol. The van der Waals surface area contributed by atoms with E-state index >= 15 is 0 Å². The van der Waals surface area contributed by atoms with Crippen molar-refractivity contribution in [3.63, 3.8) is 0 Å². The second-order valence-electron chi connectivity index (χ2n) is 2.81. The van der Waals surface area contributed by atoms with Gasteiger partial charge in [-0.25, -0.2) is 0 Å². The van der Waals surface area contributed by atoms with E-state index in [-0.39, 0.29) is 12.6 Å². The maximum Gasteiger partial charge on any atom is 0.206 e. The van der Waals surface area contributed by atoms with Crippen LogP contribution < -0.4 is 4.57 Å². The lowest BCUT2D eigenvalue weighted by molar-refractivity contribution is -0.731. The molecular weight excluding hydrogens is 154 g/mol. The third-order valence-electron chi connectivity index (χ3n) is 1.87. The summed E-state index contributed by atoms with van der Waals surface area (Å²) in [6.07, 6.45) is 3.11. The fourth-order valence-corrected chi connectivity index (χ4v) is 1.13. The maximum atomic E-state index is 9.28. The van der Waals surface area contributed by atoms with E-state index in [0.717, 1.165) is 0 Å². The lowest BCUT2D eigenvalue weighted by Gasteiger charge is -2.11. The molecule has 1 aromatic rings. The van der Waals surface area contributed by atoms with Gasteiger partial charge in [0.25, 0.3) is 0 Å². The summed E-state index contributed by atoms with van der Waals surface area (Å²) in [5.41, 5.74) is 0. The van der Waals surface area contributed by atoms with Crippen molar-refractivity contribution in [1.82, 2.24) is 0 Å². The number of aliphatic hydroxyl groups is 2. The lowest BCUT2D eigenvalue weighted by atomic mass is 10.2. The summed E-state index contributed by atoms with van der Waals surface area (Å²) in [6, 6.07) is 5.38. The molecule has 0 aliphatic carbocycles. The summed E-state index contributed by atoms with van der Waals surface area (Å²) >= 11 is 0. The number of aliphatic hydroxyl groups excluding tert-OH is 2. The zero-order valence-electron chi connectivity index (χ0n) is 7.09. The van der Waals surface area contributed by atoms with Crippen LogP contribution in [0.1, 0.15) is 13.0 Å². The molecule has 0 aromatic carbocycles. The van der Waals surface area contributed by atoms with Crippen LogP contribution in [0.15, 0.2) is 30.6 Å². The molecular formula is C9H14NO2+. The van der Waals surface area contributed by atoms with Gasteiger partial charge in [0.05, 0.1) is 0 Å². The van der Waals surface area contributed by atoms with E-state index in [1.165, 1.54) is 0 Å². The van der Waals surface area contributed by atoms with Gasteiger partial charge in [0.1, 0.15) is 12.7 Å². The number of pyridine rings is 1. The van der Waals surface area contributed by atoms with Crippen molar-refractivity contribution in [2.75, 3.05) is 6.61 Å². The normalized spacial score (nSPS) is 15.6. The highest BCUT2D eigenvalue weighted by molar-refractivity contribution is 4.84. The second-order valence-corrected chi connectivity index (χ2v) is 2.81. The molecule has 2 atom stereocenters. The largest absolute Gasteiger partial charge is 0.389 e. The standard InChI is InChI=1S/C9H14NO2/c1-8(12)9(7-11)10-5-3-2-4-6-10/h2-6,8-9,11-12H,7H2,1H3/q+1. The molecule has 12 heavy (non-hydrogen) atoms. The zero-order chi connectivity index (χ0) is 8.97. The van der Waals surface area contributed by atoms with Gasteiger partial charge >= 0.3 is 0 Å². The van der Waals surface area contributed by atoms with Gasteiger partial charge in [0.2, 0.25) is 6.04 Å². The van der Waals surface area contributed by atoms with Gasteiger partial charge in [-0.05, 0) is 6.92 Å². The minimum Gasteiger partial charge on any atom is -0.389 e. The Balaban J connectivity index is 2.80. The van der Waals surface area contributed by atoms with Gasteiger partial charge < -0.3 is 10.2 Å². The Morgan fingerprint density at radius 3 is 2.25 bits per heavy atom. The van der Waals surface area contributed by atoms with Gasteiger partial charge in [-0.15, -0.1) is 0 Å². The first-order chi connectivity index (χ1) is 5.75. The highest BCUT2D eigenvalue weighted by Gasteiger charge is 2.21. The number of rotatable bonds is 3. The summed E-state index contributed by atoms with van der Waals surface area (Å²) in [5.74, 6) is 0. The molecule has 0 aliphatic heterocycles. The fourth-order valence-electron chi connectivity index (χ4n) is 1.13. The first-order valence-corrected chi connectivity index (χ1v) is 4.00. The van der Waals surface area contributed by atoms with Gasteiger partial charge in [-0.3, -0.25) is 0 Å². The van der Waals surface area contributed by atoms with Crippen molar-refractivity contribution >= 4 is 0 Å². The monoisotopic (exact) mass is 168 g/mol. The smallest absolute Gasteiger partial charge is 0.206 e. The first-order valence-electron chi connectivity index (χ1n) is 4.00. The van der Waals surface area contributed by atoms with Crippen LogP contribution in [-0.4, -0.2) is 22.9 Å². The minimum atomic E-state index is -0.539. The predicted molar refractivity (Wildman–Crippen MR) is 44.4 cm³/mol. The van der Waals surface area contributed by atoms with Crippen molar-refractivity contribution in [3.8, 4) is 0 Å². The first kappa shape index (κ1) is 9.16. The minimum absolute atomic E-state index is 0.0493. The van der Waals surface area contributed by atoms with Crippen LogP contribution in [0.2, 0.25) is 0 Å². The van der Waals surface area contributed by atoms with Crippen LogP contribution in [0.5, 0.6) is 0 Å². The van der Waals surface area contributed by atoms with E-state index in [1.54, 1.807) is 11.5 Å². The van der Waals surface area contributed by atoms with E-state index < -0.39 is 6.10 Å². The molecule has 0 amide bonds. The van der Waals surface area contributed by atoms with Crippen LogP contribution in [-0.2, 0) is 0 Å². The fraction of sp³-hybridized carbons (Fsp3) is 0.444. The molecule has 2 N–H and O–H groups in total. The summed E-state index contributed by atoms with van der Waals surface area (Å²) in [6.45, 7) is 1.62. The summed E-state index contributed by atoms with van der Waals surface area (Å²) in [4.78, 5) is 0. The number of hydrogen-bond donors (Lipinski definition) is 2. The molecule has 0 spiro atoms. The van der Waals surface area contributed by atoms with E-state index in [1.807, 2.05) is 30.6 Å². The molecule has 0 bridgehead atoms. The highest BCUT2D eigenvalue weighted by atomic mass is 16.3. The topological polar surface area (TPSA) is 44.3 Å². The lowest BCUT2D eigenvalue weighted by Crippen LogP contribution is -2.46. The van der Waals surface area contributed by atoms with Crippen molar-refractivity contribution in [2.24, 2.45) is 0 Å². The van der Waals surface area contributed by atoms with E-state index in [0.29, 0.717) is 0 Å². The Labute approximate surface area is 71.9 Å².